The summed E-state index contributed by atoms with van der Waals surface area (Å²) in [4.78, 5) is 17.0. The van der Waals surface area contributed by atoms with Crippen molar-refractivity contribution in [3.63, 3.8) is 0 Å². The number of carbonyl (C=O) groups excluding carboxylic acids is 1. The van der Waals surface area contributed by atoms with Gasteiger partial charge in [0.25, 0.3) is 0 Å². The zero-order chi connectivity index (χ0) is 17.8. The lowest BCUT2D eigenvalue weighted by Crippen LogP contribution is -2.20. The number of amides is 1. The molecule has 1 amide bonds. The summed E-state index contributed by atoms with van der Waals surface area (Å²) in [6.07, 6.45) is 2.73. The smallest absolute Gasteiger partial charge is 0.231 e. The third-order valence-electron chi connectivity index (χ3n) is 4.28. The molecule has 0 saturated heterocycles. The molecule has 0 bridgehead atoms. The number of anilines is 1. The van der Waals surface area contributed by atoms with Crippen LogP contribution in [0.15, 0.2) is 47.5 Å². The Morgan fingerprint density at radius 2 is 1.96 bits per heavy atom. The quantitative estimate of drug-likeness (QED) is 0.842. The molecule has 1 unspecified atom stereocenters. The van der Waals surface area contributed by atoms with E-state index in [9.17, 15) is 4.79 Å². The fourth-order valence-electron chi connectivity index (χ4n) is 3.03. The summed E-state index contributed by atoms with van der Waals surface area (Å²) in [6.45, 7) is 6.75. The minimum atomic E-state index is -0.185. The highest BCUT2D eigenvalue weighted by atomic mass is 16.5. The van der Waals surface area contributed by atoms with Crippen molar-refractivity contribution < 1.29 is 9.53 Å². The minimum absolute atomic E-state index is 0.00918. The van der Waals surface area contributed by atoms with E-state index in [2.05, 4.69) is 10.3 Å². The van der Waals surface area contributed by atoms with Crippen LogP contribution in [0.5, 0.6) is 5.75 Å². The third kappa shape index (κ3) is 4.08. The maximum Gasteiger partial charge on any atom is 0.231 e. The lowest BCUT2D eigenvalue weighted by molar-refractivity contribution is -0.117. The minimum Gasteiger partial charge on any atom is -0.491 e. The number of hydrogen-bond acceptors (Lipinski definition) is 3. The zero-order valence-corrected chi connectivity index (χ0v) is 15.0. The summed E-state index contributed by atoms with van der Waals surface area (Å²) >= 11 is 0. The van der Waals surface area contributed by atoms with Crippen LogP contribution in [0.1, 0.15) is 49.8 Å². The first-order valence-electron chi connectivity index (χ1n) is 8.77. The molecule has 0 fully saturated rings. The largest absolute Gasteiger partial charge is 0.491 e. The van der Waals surface area contributed by atoms with Gasteiger partial charge >= 0.3 is 0 Å². The van der Waals surface area contributed by atoms with Crippen LogP contribution >= 0.6 is 0 Å². The number of ether oxygens (including phenoxy) is 1. The molecule has 0 saturated carbocycles. The molecule has 1 aliphatic rings. The number of benzene rings is 2. The van der Waals surface area contributed by atoms with Crippen LogP contribution in [0, 0.1) is 0 Å². The molecule has 0 aliphatic carbocycles. The van der Waals surface area contributed by atoms with Crippen molar-refractivity contribution in [3.8, 4) is 5.75 Å². The predicted molar refractivity (Wildman–Crippen MR) is 102 cm³/mol. The van der Waals surface area contributed by atoms with E-state index in [4.69, 9.17) is 4.74 Å². The summed E-state index contributed by atoms with van der Waals surface area (Å²) in [6, 6.07) is 13.8. The van der Waals surface area contributed by atoms with Gasteiger partial charge in [-0.2, -0.15) is 0 Å². The highest BCUT2D eigenvalue weighted by molar-refractivity contribution is 5.97. The number of carbonyl (C=O) groups is 1. The van der Waals surface area contributed by atoms with Gasteiger partial charge in [-0.05, 0) is 61.2 Å². The lowest BCUT2D eigenvalue weighted by Gasteiger charge is -2.17. The van der Waals surface area contributed by atoms with E-state index in [1.807, 2.05) is 69.5 Å². The van der Waals surface area contributed by atoms with Crippen LogP contribution in [0.2, 0.25) is 0 Å². The SMILES string of the molecule is CCC(C(=O)Nc1ccc2c(c1)C=NC2)c1ccc(OC(C)C)cc1. The average molecular weight is 336 g/mol. The van der Waals surface area contributed by atoms with Gasteiger partial charge in [-0.25, -0.2) is 0 Å². The molecule has 1 heterocycles. The van der Waals surface area contributed by atoms with Gasteiger partial charge in [-0.15, -0.1) is 0 Å². The standard InChI is InChI=1S/C21H24N2O2/c1-4-20(15-6-9-19(10-7-15)25-14(2)3)21(24)23-18-8-5-16-12-22-13-17(16)11-18/h5-11,13-14,20H,4,12H2,1-3H3,(H,23,24). The third-order valence-corrected chi connectivity index (χ3v) is 4.28. The van der Waals surface area contributed by atoms with Gasteiger partial charge in [-0.1, -0.05) is 25.1 Å². The Balaban J connectivity index is 1.71. The van der Waals surface area contributed by atoms with Crippen LogP contribution in [0.3, 0.4) is 0 Å². The van der Waals surface area contributed by atoms with Gasteiger partial charge in [0.2, 0.25) is 5.91 Å². The van der Waals surface area contributed by atoms with Crippen LogP contribution in [0.4, 0.5) is 5.69 Å². The van der Waals surface area contributed by atoms with E-state index in [1.165, 1.54) is 5.56 Å². The van der Waals surface area contributed by atoms with Gasteiger partial charge in [0.05, 0.1) is 18.6 Å². The first kappa shape index (κ1) is 17.2. The van der Waals surface area contributed by atoms with Gasteiger partial charge in [-0.3, -0.25) is 9.79 Å². The molecule has 1 N–H and O–H groups in total. The second-order valence-electron chi connectivity index (χ2n) is 6.57. The Morgan fingerprint density at radius 1 is 1.20 bits per heavy atom. The summed E-state index contributed by atoms with van der Waals surface area (Å²) in [5.74, 6) is 0.650. The Morgan fingerprint density at radius 3 is 2.64 bits per heavy atom. The summed E-state index contributed by atoms with van der Waals surface area (Å²) in [7, 11) is 0. The molecule has 1 aliphatic heterocycles. The Bertz CT molecular complexity index is 779. The van der Waals surface area contributed by atoms with E-state index in [1.54, 1.807) is 0 Å². The van der Waals surface area contributed by atoms with Gasteiger partial charge < -0.3 is 10.1 Å². The Hall–Kier alpha value is -2.62. The summed E-state index contributed by atoms with van der Waals surface area (Å²) in [5, 5.41) is 3.04. The highest BCUT2D eigenvalue weighted by Gasteiger charge is 2.19. The molecular weight excluding hydrogens is 312 g/mol. The van der Waals surface area contributed by atoms with E-state index in [0.29, 0.717) is 0 Å². The number of fused-ring (bicyclic) bond motifs is 1. The fourth-order valence-corrected chi connectivity index (χ4v) is 3.03. The van der Waals surface area contributed by atoms with Gasteiger partial charge in [0, 0.05) is 11.9 Å². The first-order chi connectivity index (χ1) is 12.1. The maximum absolute atomic E-state index is 12.7. The van der Waals surface area contributed by atoms with E-state index < -0.39 is 0 Å². The molecule has 0 radical (unpaired) electrons. The second kappa shape index (κ2) is 7.51. The number of rotatable bonds is 6. The molecule has 2 aromatic rings. The van der Waals surface area contributed by atoms with E-state index in [0.717, 1.165) is 35.5 Å². The summed E-state index contributed by atoms with van der Waals surface area (Å²) in [5.41, 5.74) is 4.10. The van der Waals surface area contributed by atoms with Crippen LogP contribution in [-0.2, 0) is 11.3 Å². The Labute approximate surface area is 148 Å². The average Bonchev–Trinajstić information content (AvgIpc) is 3.04. The van der Waals surface area contributed by atoms with Crippen LogP contribution in [-0.4, -0.2) is 18.2 Å². The van der Waals surface area contributed by atoms with Crippen molar-refractivity contribution in [2.24, 2.45) is 4.99 Å². The molecule has 130 valence electrons. The van der Waals surface area contributed by atoms with Crippen molar-refractivity contribution in [1.29, 1.82) is 0 Å². The molecule has 0 aromatic heterocycles. The van der Waals surface area contributed by atoms with Crippen molar-refractivity contribution >= 4 is 17.8 Å². The van der Waals surface area contributed by atoms with Crippen molar-refractivity contribution in [3.05, 3.63) is 59.2 Å². The first-order valence-corrected chi connectivity index (χ1v) is 8.77. The molecule has 0 spiro atoms. The van der Waals surface area contributed by atoms with Crippen molar-refractivity contribution in [2.75, 3.05) is 5.32 Å². The Kier molecular flexibility index (Phi) is 5.17. The normalized spacial score (nSPS) is 13.6. The zero-order valence-electron chi connectivity index (χ0n) is 15.0. The van der Waals surface area contributed by atoms with E-state index in [-0.39, 0.29) is 17.9 Å². The highest BCUT2D eigenvalue weighted by Crippen LogP contribution is 2.25. The number of hydrogen-bond donors (Lipinski definition) is 1. The van der Waals surface area contributed by atoms with Crippen LogP contribution < -0.4 is 10.1 Å². The lowest BCUT2D eigenvalue weighted by atomic mass is 9.95. The molecule has 4 nitrogen and oxygen atoms in total. The molecular formula is C21H24N2O2. The molecule has 2 aromatic carbocycles. The fraction of sp³-hybridized carbons (Fsp3) is 0.333. The number of aliphatic imine (C=N–C) groups is 1. The van der Waals surface area contributed by atoms with E-state index >= 15 is 0 Å². The molecule has 4 heteroatoms. The number of nitrogens with zero attached hydrogens (tertiary/aromatic N) is 1. The van der Waals surface area contributed by atoms with Crippen molar-refractivity contribution in [1.82, 2.24) is 0 Å². The van der Waals surface area contributed by atoms with Crippen LogP contribution in [0.25, 0.3) is 0 Å². The monoisotopic (exact) mass is 336 g/mol. The van der Waals surface area contributed by atoms with Gasteiger partial charge in [0.15, 0.2) is 0 Å². The molecule has 3 rings (SSSR count). The molecule has 25 heavy (non-hydrogen) atoms. The maximum atomic E-state index is 12.7. The molecule has 1 atom stereocenters. The predicted octanol–water partition coefficient (Wildman–Crippen LogP) is 4.54. The summed E-state index contributed by atoms with van der Waals surface area (Å²) < 4.78 is 5.67. The van der Waals surface area contributed by atoms with Crippen molar-refractivity contribution in [2.45, 2.75) is 45.8 Å². The number of nitrogens with one attached hydrogen (secondary N) is 1. The topological polar surface area (TPSA) is 50.7 Å². The van der Waals surface area contributed by atoms with Gasteiger partial charge in [0.1, 0.15) is 5.75 Å². The second-order valence-corrected chi connectivity index (χ2v) is 6.57.